The molecule has 1 saturated heterocycles. The third kappa shape index (κ3) is 5.33. The van der Waals surface area contributed by atoms with E-state index >= 15 is 0 Å². The molecule has 2 fully saturated rings. The summed E-state index contributed by atoms with van der Waals surface area (Å²) in [7, 11) is 1.76. The van der Waals surface area contributed by atoms with Gasteiger partial charge in [0.25, 0.3) is 5.91 Å². The van der Waals surface area contributed by atoms with Crippen LogP contribution in [-0.4, -0.2) is 49.8 Å². The first kappa shape index (κ1) is 25.4. The molecule has 1 atom stereocenters. The fraction of sp³-hybridized carbons (Fsp3) is 0.407. The highest BCUT2D eigenvalue weighted by molar-refractivity contribution is 5.95. The summed E-state index contributed by atoms with van der Waals surface area (Å²) in [6.07, 6.45) is 2.74. The van der Waals surface area contributed by atoms with Gasteiger partial charge in [-0.05, 0) is 67.9 Å². The number of aryl methyl sites for hydroxylation is 1. The number of hydrogen-bond donors (Lipinski definition) is 2. The molecule has 204 valence electrons. The van der Waals surface area contributed by atoms with Crippen molar-refractivity contribution in [2.45, 2.75) is 50.4 Å². The van der Waals surface area contributed by atoms with Crippen LogP contribution in [0.15, 0.2) is 42.6 Å². The van der Waals surface area contributed by atoms with Crippen molar-refractivity contribution in [1.82, 2.24) is 29.9 Å². The number of amides is 1. The summed E-state index contributed by atoms with van der Waals surface area (Å²) in [4.78, 5) is 16.8. The third-order valence-electron chi connectivity index (χ3n) is 7.08. The van der Waals surface area contributed by atoms with Crippen LogP contribution in [0.4, 0.5) is 24.8 Å². The van der Waals surface area contributed by atoms with Crippen LogP contribution in [0.1, 0.15) is 60.2 Å². The number of anilines is 2. The second-order valence-corrected chi connectivity index (χ2v) is 10.0. The SMILES string of the molecule is Cn1nc(-c2cccc(C(=O)NCC(F)(F)F)c2)nc1Nc1ccc2c(cnn2C2CCCCO2)c1C1CC1. The van der Waals surface area contributed by atoms with Crippen LogP contribution in [0.2, 0.25) is 0 Å². The van der Waals surface area contributed by atoms with E-state index in [0.29, 0.717) is 23.3 Å². The van der Waals surface area contributed by atoms with Gasteiger partial charge in [0.1, 0.15) is 6.54 Å². The number of fused-ring (bicyclic) bond motifs is 1. The highest BCUT2D eigenvalue weighted by Gasteiger charge is 2.31. The largest absolute Gasteiger partial charge is 0.405 e. The molecule has 0 radical (unpaired) electrons. The molecule has 6 rings (SSSR count). The number of ether oxygens (including phenoxy) is 1. The highest BCUT2D eigenvalue weighted by atomic mass is 19.4. The van der Waals surface area contributed by atoms with Gasteiger partial charge in [-0.25, -0.2) is 9.36 Å². The van der Waals surface area contributed by atoms with Crippen LogP contribution in [-0.2, 0) is 11.8 Å². The van der Waals surface area contributed by atoms with Gasteiger partial charge in [-0.3, -0.25) is 4.79 Å². The molecule has 4 aromatic rings. The molecule has 2 aromatic carbocycles. The first-order valence-electron chi connectivity index (χ1n) is 13.0. The van der Waals surface area contributed by atoms with Crippen molar-refractivity contribution in [3.05, 3.63) is 53.7 Å². The Kier molecular flexibility index (Phi) is 6.49. The second kappa shape index (κ2) is 9.99. The van der Waals surface area contributed by atoms with Gasteiger partial charge in [-0.15, -0.1) is 5.10 Å². The lowest BCUT2D eigenvalue weighted by molar-refractivity contribution is -0.123. The summed E-state index contributed by atoms with van der Waals surface area (Å²) < 4.78 is 47.1. The summed E-state index contributed by atoms with van der Waals surface area (Å²) in [5.41, 5.74) is 3.79. The number of nitrogens with zero attached hydrogens (tertiary/aromatic N) is 5. The molecule has 2 N–H and O–H groups in total. The zero-order valence-electron chi connectivity index (χ0n) is 21.3. The van der Waals surface area contributed by atoms with E-state index in [1.807, 2.05) is 22.3 Å². The Morgan fingerprint density at radius 3 is 2.74 bits per heavy atom. The minimum absolute atomic E-state index is 0.0466. The molecule has 1 aliphatic heterocycles. The molecule has 1 aliphatic carbocycles. The second-order valence-electron chi connectivity index (χ2n) is 10.0. The molecular formula is C27H28F3N7O2. The Morgan fingerprint density at radius 1 is 1.15 bits per heavy atom. The number of carbonyl (C=O) groups excluding carboxylic acids is 1. The normalized spacial score (nSPS) is 17.9. The fourth-order valence-electron chi connectivity index (χ4n) is 5.03. The standard InChI is InChI=1S/C27H28F3N7O2/c1-36-26(34-24(35-36)17-5-4-6-18(13-17)25(38)31-15-27(28,29)30)33-20-10-11-21-19(23(20)16-8-9-16)14-32-37(21)22-7-2-3-12-39-22/h4-6,10-11,13-14,16,22H,2-3,7-9,12,15H2,1H3,(H,31,38)(H,33,34,35). The van der Waals surface area contributed by atoms with Gasteiger partial charge in [0.2, 0.25) is 5.95 Å². The van der Waals surface area contributed by atoms with Gasteiger partial charge in [0.05, 0.1) is 11.7 Å². The topological polar surface area (TPSA) is 98.9 Å². The van der Waals surface area contributed by atoms with E-state index in [0.717, 1.165) is 55.3 Å². The molecule has 3 heterocycles. The maximum atomic E-state index is 12.5. The zero-order chi connectivity index (χ0) is 27.1. The predicted molar refractivity (Wildman–Crippen MR) is 139 cm³/mol. The molecule has 0 spiro atoms. The van der Waals surface area contributed by atoms with Crippen LogP contribution < -0.4 is 10.6 Å². The number of hydrogen-bond acceptors (Lipinski definition) is 6. The van der Waals surface area contributed by atoms with Crippen LogP contribution in [0.3, 0.4) is 0 Å². The number of nitrogens with one attached hydrogen (secondary N) is 2. The van der Waals surface area contributed by atoms with Crippen molar-refractivity contribution in [1.29, 1.82) is 0 Å². The minimum atomic E-state index is -4.49. The number of benzene rings is 2. The number of carbonyl (C=O) groups is 1. The molecule has 0 bridgehead atoms. The quantitative estimate of drug-likeness (QED) is 0.324. The molecule has 12 heteroatoms. The van der Waals surface area contributed by atoms with Crippen molar-refractivity contribution in [2.24, 2.45) is 7.05 Å². The Morgan fingerprint density at radius 2 is 2.00 bits per heavy atom. The lowest BCUT2D eigenvalue weighted by Gasteiger charge is -2.23. The van der Waals surface area contributed by atoms with Gasteiger partial charge >= 0.3 is 6.18 Å². The van der Waals surface area contributed by atoms with E-state index in [4.69, 9.17) is 4.74 Å². The van der Waals surface area contributed by atoms with Gasteiger partial charge < -0.3 is 15.4 Å². The van der Waals surface area contributed by atoms with Crippen molar-refractivity contribution in [2.75, 3.05) is 18.5 Å². The molecule has 2 aromatic heterocycles. The average molecular weight is 540 g/mol. The number of alkyl halides is 3. The van der Waals surface area contributed by atoms with Gasteiger partial charge in [-0.1, -0.05) is 12.1 Å². The molecule has 1 saturated carbocycles. The zero-order valence-corrected chi connectivity index (χ0v) is 21.3. The van der Waals surface area contributed by atoms with E-state index in [1.165, 1.54) is 17.7 Å². The van der Waals surface area contributed by atoms with E-state index in [2.05, 4.69) is 26.6 Å². The molecule has 39 heavy (non-hydrogen) atoms. The first-order chi connectivity index (χ1) is 18.8. The summed E-state index contributed by atoms with van der Waals surface area (Å²) in [5, 5.41) is 15.6. The maximum absolute atomic E-state index is 12.5. The predicted octanol–water partition coefficient (Wildman–Crippen LogP) is 5.44. The van der Waals surface area contributed by atoms with E-state index in [-0.39, 0.29) is 11.8 Å². The highest BCUT2D eigenvalue weighted by Crippen LogP contribution is 2.47. The molecule has 2 aliphatic rings. The average Bonchev–Trinajstić information content (AvgIpc) is 3.57. The molecule has 1 unspecified atom stereocenters. The molecule has 1 amide bonds. The first-order valence-corrected chi connectivity index (χ1v) is 13.0. The smallest absolute Gasteiger partial charge is 0.356 e. The maximum Gasteiger partial charge on any atom is 0.405 e. The minimum Gasteiger partial charge on any atom is -0.356 e. The number of rotatable bonds is 7. The van der Waals surface area contributed by atoms with E-state index in [1.54, 1.807) is 23.9 Å². The monoisotopic (exact) mass is 539 g/mol. The Labute approximate surface area is 222 Å². The molecule has 9 nitrogen and oxygen atoms in total. The Balaban J connectivity index is 1.27. The molecular weight excluding hydrogens is 511 g/mol. The van der Waals surface area contributed by atoms with Gasteiger partial charge in [0, 0.05) is 35.9 Å². The fourth-order valence-corrected chi connectivity index (χ4v) is 5.03. The van der Waals surface area contributed by atoms with E-state index < -0.39 is 18.6 Å². The van der Waals surface area contributed by atoms with Crippen LogP contribution in [0, 0.1) is 0 Å². The number of halogens is 3. The third-order valence-corrected chi connectivity index (χ3v) is 7.08. The summed E-state index contributed by atoms with van der Waals surface area (Å²) in [5.74, 6) is 0.466. The van der Waals surface area contributed by atoms with Crippen molar-refractivity contribution in [3.63, 3.8) is 0 Å². The Hall–Kier alpha value is -3.93. The van der Waals surface area contributed by atoms with Crippen LogP contribution in [0.25, 0.3) is 22.3 Å². The summed E-state index contributed by atoms with van der Waals surface area (Å²) in [6, 6.07) is 10.3. The van der Waals surface area contributed by atoms with Crippen LogP contribution >= 0.6 is 0 Å². The van der Waals surface area contributed by atoms with Crippen molar-refractivity contribution in [3.8, 4) is 11.4 Å². The number of aromatic nitrogens is 5. The van der Waals surface area contributed by atoms with Crippen molar-refractivity contribution >= 4 is 28.4 Å². The van der Waals surface area contributed by atoms with Crippen LogP contribution in [0.5, 0.6) is 0 Å². The Bertz CT molecular complexity index is 1520. The van der Waals surface area contributed by atoms with Gasteiger partial charge in [-0.2, -0.15) is 23.3 Å². The van der Waals surface area contributed by atoms with Crippen molar-refractivity contribution < 1.29 is 22.7 Å². The van der Waals surface area contributed by atoms with Gasteiger partial charge in [0.15, 0.2) is 12.1 Å². The van der Waals surface area contributed by atoms with E-state index in [9.17, 15) is 18.0 Å². The lowest BCUT2D eigenvalue weighted by atomic mass is 10.0. The lowest BCUT2D eigenvalue weighted by Crippen LogP contribution is -2.33. The summed E-state index contributed by atoms with van der Waals surface area (Å²) >= 11 is 0. The summed E-state index contributed by atoms with van der Waals surface area (Å²) in [6.45, 7) is -0.650.